The van der Waals surface area contributed by atoms with Gasteiger partial charge in [-0.1, -0.05) is 12.1 Å². The summed E-state index contributed by atoms with van der Waals surface area (Å²) >= 11 is 0. The van der Waals surface area contributed by atoms with Crippen molar-refractivity contribution in [2.75, 3.05) is 18.5 Å². The van der Waals surface area contributed by atoms with E-state index in [1.807, 2.05) is 6.07 Å². The van der Waals surface area contributed by atoms with Crippen molar-refractivity contribution < 1.29 is 42.2 Å². The lowest BCUT2D eigenvalue weighted by Gasteiger charge is -2.26. The number of aryl methyl sites for hydroxylation is 1. The Morgan fingerprint density at radius 2 is 1.78 bits per heavy atom. The van der Waals surface area contributed by atoms with E-state index < -0.39 is 25.2 Å². The molecule has 16 heteroatoms. The topological polar surface area (TPSA) is 156 Å². The molecule has 0 atom stereocenters. The SMILES string of the molecule is CCOP(=O)(Cc1ccc(=Nc2ncc(C(F)(F)F)c(Nc3ccc(C4CCC(O)CC4)c4cn(C)c(O)c34)n2)n(O)c1)OCC. The van der Waals surface area contributed by atoms with Gasteiger partial charge in [-0.25, -0.2) is 4.98 Å². The zero-order valence-corrected chi connectivity index (χ0v) is 26.4. The van der Waals surface area contributed by atoms with E-state index >= 15 is 0 Å². The number of aliphatic hydroxyl groups is 1. The summed E-state index contributed by atoms with van der Waals surface area (Å²) in [7, 11) is -1.82. The largest absolute Gasteiger partial charge is 0.494 e. The van der Waals surface area contributed by atoms with Crippen molar-refractivity contribution in [1.29, 1.82) is 0 Å². The number of anilines is 2. The van der Waals surface area contributed by atoms with Gasteiger partial charge in [-0.05, 0) is 68.7 Å². The Morgan fingerprint density at radius 3 is 2.41 bits per heavy atom. The van der Waals surface area contributed by atoms with Crippen LogP contribution in [0.4, 0.5) is 30.6 Å². The summed E-state index contributed by atoms with van der Waals surface area (Å²) in [6.45, 7) is 3.68. The van der Waals surface area contributed by atoms with E-state index in [-0.39, 0.29) is 54.4 Å². The van der Waals surface area contributed by atoms with Crippen LogP contribution in [0, 0.1) is 0 Å². The molecule has 248 valence electrons. The molecule has 1 saturated carbocycles. The Balaban J connectivity index is 1.51. The van der Waals surface area contributed by atoms with E-state index in [9.17, 15) is 33.2 Å². The van der Waals surface area contributed by atoms with Crippen molar-refractivity contribution in [3.63, 3.8) is 0 Å². The maximum Gasteiger partial charge on any atom is 0.421 e. The highest BCUT2D eigenvalue weighted by Crippen LogP contribution is 2.51. The van der Waals surface area contributed by atoms with Crippen LogP contribution in [-0.4, -0.2) is 54.0 Å². The third kappa shape index (κ3) is 7.22. The van der Waals surface area contributed by atoms with Gasteiger partial charge in [0, 0.05) is 31.0 Å². The van der Waals surface area contributed by atoms with E-state index in [1.54, 1.807) is 33.2 Å². The van der Waals surface area contributed by atoms with Gasteiger partial charge in [0.25, 0.3) is 5.95 Å². The Hall–Kier alpha value is -3.91. The molecule has 0 unspecified atom stereocenters. The molecule has 0 amide bonds. The number of alkyl halides is 3. The van der Waals surface area contributed by atoms with Crippen LogP contribution in [0.2, 0.25) is 0 Å². The molecule has 12 nitrogen and oxygen atoms in total. The minimum Gasteiger partial charge on any atom is -0.494 e. The number of aliphatic hydroxyl groups excluding tert-OH is 1. The van der Waals surface area contributed by atoms with Gasteiger partial charge in [-0.15, -0.1) is 0 Å². The average Bonchev–Trinajstić information content (AvgIpc) is 3.29. The molecular formula is C30H36F3N6O6P. The standard InChI is InChI=1S/C30H36F3N6O6P/c1-4-44-46(43,45-5-2)17-18-6-13-25(39(42)15-18)36-29-34-14-23(30(31,32)33)27(37-29)35-24-12-11-21(19-7-9-20(40)10-8-19)22-16-38(3)28(41)26(22)24/h6,11-16,19-20,40-42H,4-5,7-10,17H2,1-3H3,(H,34,35,37). The Kier molecular flexibility index (Phi) is 9.78. The van der Waals surface area contributed by atoms with Gasteiger partial charge in [-0.2, -0.15) is 27.9 Å². The molecule has 1 aliphatic carbocycles. The van der Waals surface area contributed by atoms with Crippen LogP contribution in [0.5, 0.6) is 5.88 Å². The van der Waals surface area contributed by atoms with Gasteiger partial charge in [0.15, 0.2) is 5.49 Å². The first-order chi connectivity index (χ1) is 21.8. The predicted octanol–water partition coefficient (Wildman–Crippen LogP) is 6.49. The highest BCUT2D eigenvalue weighted by Gasteiger charge is 2.36. The number of nitrogens with one attached hydrogen (secondary N) is 1. The number of pyridine rings is 1. The molecule has 1 aliphatic rings. The zero-order chi connectivity index (χ0) is 33.2. The number of fused-ring (bicyclic) bond motifs is 1. The van der Waals surface area contributed by atoms with Gasteiger partial charge in [0.1, 0.15) is 11.4 Å². The molecular weight excluding hydrogens is 628 g/mol. The number of aromatic nitrogens is 4. The van der Waals surface area contributed by atoms with Crippen molar-refractivity contribution in [2.45, 2.75) is 63.9 Å². The molecule has 5 rings (SSSR count). The molecule has 0 radical (unpaired) electrons. The Morgan fingerprint density at radius 1 is 1.09 bits per heavy atom. The van der Waals surface area contributed by atoms with Gasteiger partial charge >= 0.3 is 13.8 Å². The molecule has 0 spiro atoms. The van der Waals surface area contributed by atoms with Crippen molar-refractivity contribution in [1.82, 2.24) is 19.3 Å². The normalized spacial score (nSPS) is 17.9. The smallest absolute Gasteiger partial charge is 0.421 e. The second-order valence-electron chi connectivity index (χ2n) is 11.1. The summed E-state index contributed by atoms with van der Waals surface area (Å²) < 4.78 is 67.8. The van der Waals surface area contributed by atoms with Crippen LogP contribution in [0.1, 0.15) is 62.1 Å². The number of hydrogen-bond acceptors (Lipinski definition) is 10. The quantitative estimate of drug-likeness (QED) is 0.110. The molecule has 0 saturated heterocycles. The molecule has 46 heavy (non-hydrogen) atoms. The van der Waals surface area contributed by atoms with E-state index in [2.05, 4.69) is 20.3 Å². The van der Waals surface area contributed by atoms with Crippen LogP contribution in [0.15, 0.2) is 47.8 Å². The monoisotopic (exact) mass is 664 g/mol. The van der Waals surface area contributed by atoms with Crippen molar-refractivity contribution in [3.8, 4) is 5.88 Å². The third-order valence-corrected chi connectivity index (χ3v) is 9.90. The predicted molar refractivity (Wildman–Crippen MR) is 164 cm³/mol. The van der Waals surface area contributed by atoms with Gasteiger partial charge < -0.3 is 34.4 Å². The van der Waals surface area contributed by atoms with Crippen molar-refractivity contribution in [2.24, 2.45) is 12.0 Å². The van der Waals surface area contributed by atoms with E-state index in [1.165, 1.54) is 22.9 Å². The van der Waals surface area contributed by atoms with E-state index in [0.29, 0.717) is 40.1 Å². The summed E-state index contributed by atoms with van der Waals surface area (Å²) in [5.41, 5.74) is 0.268. The van der Waals surface area contributed by atoms with Gasteiger partial charge in [-0.3, -0.25) is 4.57 Å². The summed E-state index contributed by atoms with van der Waals surface area (Å²) in [6.07, 6.45) is 1.04. The van der Waals surface area contributed by atoms with Gasteiger partial charge in [0.05, 0.1) is 36.6 Å². The number of aromatic hydroxyl groups is 1. The maximum absolute atomic E-state index is 14.1. The fraction of sp³-hybridized carbons (Fsp3) is 0.433. The average molecular weight is 665 g/mol. The summed E-state index contributed by atoms with van der Waals surface area (Å²) in [4.78, 5) is 11.9. The fourth-order valence-electron chi connectivity index (χ4n) is 5.70. The molecule has 4 N–H and O–H groups in total. The molecule has 3 heterocycles. The van der Waals surface area contributed by atoms with Crippen LogP contribution < -0.4 is 10.8 Å². The van der Waals surface area contributed by atoms with Crippen molar-refractivity contribution >= 4 is 35.8 Å². The lowest BCUT2D eigenvalue weighted by Crippen LogP contribution is -2.19. The highest BCUT2D eigenvalue weighted by atomic mass is 31.2. The lowest BCUT2D eigenvalue weighted by atomic mass is 9.81. The Bertz CT molecular complexity index is 1820. The summed E-state index contributed by atoms with van der Waals surface area (Å²) in [6, 6.07) is 6.30. The van der Waals surface area contributed by atoms with Gasteiger partial charge in [0.2, 0.25) is 5.88 Å². The second-order valence-corrected chi connectivity index (χ2v) is 13.1. The maximum atomic E-state index is 14.1. The van der Waals surface area contributed by atoms with E-state index in [4.69, 9.17) is 9.05 Å². The molecule has 1 aromatic carbocycles. The molecule has 0 aliphatic heterocycles. The van der Waals surface area contributed by atoms with Crippen LogP contribution >= 0.6 is 7.60 Å². The Labute approximate surface area is 262 Å². The first kappa shape index (κ1) is 33.5. The lowest BCUT2D eigenvalue weighted by molar-refractivity contribution is -0.137. The number of benzene rings is 1. The minimum absolute atomic E-state index is 0.109. The number of rotatable bonds is 10. The van der Waals surface area contributed by atoms with Crippen LogP contribution in [-0.2, 0) is 33.0 Å². The van der Waals surface area contributed by atoms with Crippen LogP contribution in [0.3, 0.4) is 0 Å². The fourth-order valence-corrected chi connectivity index (χ4v) is 7.38. The summed E-state index contributed by atoms with van der Waals surface area (Å²) in [5, 5.41) is 35.2. The third-order valence-electron chi connectivity index (χ3n) is 7.84. The minimum atomic E-state index is -4.82. The molecule has 0 bridgehead atoms. The molecule has 4 aromatic rings. The second kappa shape index (κ2) is 13.4. The first-order valence-electron chi connectivity index (χ1n) is 14.9. The zero-order valence-electron chi connectivity index (χ0n) is 25.5. The van der Waals surface area contributed by atoms with Crippen LogP contribution in [0.25, 0.3) is 10.8 Å². The van der Waals surface area contributed by atoms with E-state index in [0.717, 1.165) is 18.4 Å². The molecule has 1 fully saturated rings. The highest BCUT2D eigenvalue weighted by molar-refractivity contribution is 7.53. The number of hydrogen-bond donors (Lipinski definition) is 4. The summed E-state index contributed by atoms with van der Waals surface area (Å²) in [5.74, 6) is -0.998. The number of nitrogens with zero attached hydrogens (tertiary/aromatic N) is 5. The van der Waals surface area contributed by atoms with Crippen molar-refractivity contribution in [3.05, 3.63) is 65.0 Å². The molecule has 3 aromatic heterocycles. The number of halogens is 3. The first-order valence-corrected chi connectivity index (χ1v) is 16.6.